The second-order valence-electron chi connectivity index (χ2n) is 6.82. The van der Waals surface area contributed by atoms with E-state index in [9.17, 15) is 4.79 Å². The molecule has 2 atom stereocenters. The van der Waals surface area contributed by atoms with Crippen LogP contribution in [0.1, 0.15) is 17.2 Å². The molecule has 0 bridgehead atoms. The van der Waals surface area contributed by atoms with Gasteiger partial charge in [0.1, 0.15) is 6.04 Å². The molecule has 3 N–H and O–H groups in total. The van der Waals surface area contributed by atoms with Gasteiger partial charge in [-0.3, -0.25) is 4.79 Å². The molecule has 0 spiro atoms. The van der Waals surface area contributed by atoms with Gasteiger partial charge < -0.3 is 15.8 Å². The zero-order valence-corrected chi connectivity index (χ0v) is 17.3. The lowest BCUT2D eigenvalue weighted by Crippen LogP contribution is -2.44. The van der Waals surface area contributed by atoms with Crippen LogP contribution in [0.3, 0.4) is 0 Å². The van der Waals surface area contributed by atoms with Crippen LogP contribution in [0.5, 0.6) is 0 Å². The summed E-state index contributed by atoms with van der Waals surface area (Å²) in [5.74, 6) is -0.203. The van der Waals surface area contributed by atoms with Gasteiger partial charge in [-0.2, -0.15) is 0 Å². The molecule has 0 heterocycles. The summed E-state index contributed by atoms with van der Waals surface area (Å²) in [7, 11) is 1.63. The van der Waals surface area contributed by atoms with Crippen molar-refractivity contribution in [3.05, 3.63) is 96.1 Å². The third-order valence-corrected chi connectivity index (χ3v) is 4.70. The number of rotatable bonds is 8. The molecule has 29 heavy (non-hydrogen) atoms. The third-order valence-electron chi connectivity index (χ3n) is 4.70. The normalized spacial score (nSPS) is 12.5. The molecule has 0 aliphatic rings. The van der Waals surface area contributed by atoms with Crippen LogP contribution in [0.4, 0.5) is 0 Å². The van der Waals surface area contributed by atoms with Crippen LogP contribution in [0.25, 0.3) is 11.1 Å². The molecule has 3 aromatic rings. The maximum absolute atomic E-state index is 12.7. The number of amides is 1. The summed E-state index contributed by atoms with van der Waals surface area (Å²) in [6, 6.07) is 27.1. The molecule has 152 valence electrons. The van der Waals surface area contributed by atoms with Crippen molar-refractivity contribution >= 4 is 18.3 Å². The first-order chi connectivity index (χ1) is 13.7. The Morgan fingerprint density at radius 1 is 0.897 bits per heavy atom. The van der Waals surface area contributed by atoms with E-state index < -0.39 is 6.04 Å². The standard InChI is InChI=1S/C24H26N2O2.ClH/c1-28-17-22(16-18-8-4-2-5-9-18)26-24(27)23(25)21-14-12-20(13-15-21)19-10-6-3-7-11-19;/h2-15,22-23H,16-17,25H2,1H3,(H,26,27);1H/t22-,23-;/m0./s1. The number of nitrogens with one attached hydrogen (secondary N) is 1. The van der Waals surface area contributed by atoms with Crippen molar-refractivity contribution in [2.45, 2.75) is 18.5 Å². The number of nitrogens with two attached hydrogens (primary N) is 1. The number of hydrogen-bond acceptors (Lipinski definition) is 3. The number of methoxy groups -OCH3 is 1. The minimum atomic E-state index is -0.722. The van der Waals surface area contributed by atoms with Crippen LogP contribution in [0.2, 0.25) is 0 Å². The Hall–Kier alpha value is -2.66. The van der Waals surface area contributed by atoms with E-state index in [1.807, 2.05) is 72.8 Å². The highest BCUT2D eigenvalue weighted by Gasteiger charge is 2.20. The highest BCUT2D eigenvalue weighted by Crippen LogP contribution is 2.21. The van der Waals surface area contributed by atoms with Crippen molar-refractivity contribution in [3.8, 4) is 11.1 Å². The van der Waals surface area contributed by atoms with Gasteiger partial charge in [0.25, 0.3) is 0 Å². The Balaban J connectivity index is 0.00000300. The number of carbonyl (C=O) groups is 1. The fraction of sp³-hybridized carbons (Fsp3) is 0.208. The fourth-order valence-corrected chi connectivity index (χ4v) is 3.21. The van der Waals surface area contributed by atoms with Gasteiger partial charge in [-0.25, -0.2) is 0 Å². The van der Waals surface area contributed by atoms with E-state index >= 15 is 0 Å². The number of ether oxygens (including phenoxy) is 1. The van der Waals surface area contributed by atoms with Gasteiger partial charge in [0.05, 0.1) is 12.6 Å². The van der Waals surface area contributed by atoms with Crippen molar-refractivity contribution in [1.29, 1.82) is 0 Å². The highest BCUT2D eigenvalue weighted by atomic mass is 35.5. The lowest BCUT2D eigenvalue weighted by atomic mass is 10.00. The van der Waals surface area contributed by atoms with Crippen LogP contribution >= 0.6 is 12.4 Å². The molecular formula is C24H27ClN2O2. The largest absolute Gasteiger partial charge is 0.383 e. The molecule has 0 aliphatic heterocycles. The quantitative estimate of drug-likeness (QED) is 0.586. The molecule has 0 unspecified atom stereocenters. The van der Waals surface area contributed by atoms with E-state index in [-0.39, 0.29) is 24.4 Å². The van der Waals surface area contributed by atoms with E-state index in [4.69, 9.17) is 10.5 Å². The molecule has 0 aromatic heterocycles. The van der Waals surface area contributed by atoms with E-state index in [1.54, 1.807) is 7.11 Å². The maximum Gasteiger partial charge on any atom is 0.241 e. The van der Waals surface area contributed by atoms with Crippen molar-refractivity contribution < 1.29 is 9.53 Å². The summed E-state index contributed by atoms with van der Waals surface area (Å²) < 4.78 is 5.27. The zero-order chi connectivity index (χ0) is 19.8. The topological polar surface area (TPSA) is 64.3 Å². The molecule has 0 radical (unpaired) electrons. The molecule has 3 rings (SSSR count). The van der Waals surface area contributed by atoms with Gasteiger partial charge in [0, 0.05) is 7.11 Å². The van der Waals surface area contributed by atoms with Crippen LogP contribution in [-0.2, 0) is 16.0 Å². The lowest BCUT2D eigenvalue weighted by Gasteiger charge is -2.21. The first-order valence-corrected chi connectivity index (χ1v) is 9.41. The molecular weight excluding hydrogens is 384 g/mol. The fourth-order valence-electron chi connectivity index (χ4n) is 3.21. The molecule has 5 heteroatoms. The Labute approximate surface area is 178 Å². The van der Waals surface area contributed by atoms with Gasteiger partial charge >= 0.3 is 0 Å². The Morgan fingerprint density at radius 3 is 2.03 bits per heavy atom. The summed E-state index contributed by atoms with van der Waals surface area (Å²) in [4.78, 5) is 12.7. The number of carbonyl (C=O) groups excluding carboxylic acids is 1. The van der Waals surface area contributed by atoms with Crippen molar-refractivity contribution in [2.75, 3.05) is 13.7 Å². The smallest absolute Gasteiger partial charge is 0.241 e. The minimum Gasteiger partial charge on any atom is -0.383 e. The predicted molar refractivity (Wildman–Crippen MR) is 120 cm³/mol. The van der Waals surface area contributed by atoms with Crippen LogP contribution < -0.4 is 11.1 Å². The van der Waals surface area contributed by atoms with E-state index in [0.717, 1.165) is 22.3 Å². The number of benzene rings is 3. The van der Waals surface area contributed by atoms with Crippen LogP contribution in [0.15, 0.2) is 84.9 Å². The molecule has 0 fully saturated rings. The van der Waals surface area contributed by atoms with Crippen molar-refractivity contribution in [1.82, 2.24) is 5.32 Å². The molecule has 0 saturated heterocycles. The molecule has 3 aromatic carbocycles. The SMILES string of the molecule is COC[C@H](Cc1ccccc1)NC(=O)[C@@H](N)c1ccc(-c2ccccc2)cc1.Cl. The lowest BCUT2D eigenvalue weighted by molar-refractivity contribution is -0.123. The summed E-state index contributed by atoms with van der Waals surface area (Å²) in [5.41, 5.74) is 10.4. The Kier molecular flexibility index (Phi) is 8.87. The first-order valence-electron chi connectivity index (χ1n) is 9.41. The predicted octanol–water partition coefficient (Wildman–Crippen LogP) is 4.15. The average Bonchev–Trinajstić information content (AvgIpc) is 2.75. The van der Waals surface area contributed by atoms with E-state index in [0.29, 0.717) is 13.0 Å². The monoisotopic (exact) mass is 410 g/mol. The summed E-state index contributed by atoms with van der Waals surface area (Å²) in [6.45, 7) is 0.431. The molecule has 0 aliphatic carbocycles. The van der Waals surface area contributed by atoms with Gasteiger partial charge in [-0.1, -0.05) is 84.9 Å². The van der Waals surface area contributed by atoms with Gasteiger partial charge in [-0.15, -0.1) is 12.4 Å². The van der Waals surface area contributed by atoms with Crippen molar-refractivity contribution in [2.24, 2.45) is 5.73 Å². The summed E-state index contributed by atoms with van der Waals surface area (Å²) >= 11 is 0. The highest BCUT2D eigenvalue weighted by molar-refractivity contribution is 5.85. The maximum atomic E-state index is 12.7. The van der Waals surface area contributed by atoms with E-state index in [2.05, 4.69) is 17.4 Å². The van der Waals surface area contributed by atoms with Gasteiger partial charge in [0.2, 0.25) is 5.91 Å². The second kappa shape index (κ2) is 11.4. The molecule has 1 amide bonds. The van der Waals surface area contributed by atoms with Crippen molar-refractivity contribution in [3.63, 3.8) is 0 Å². The number of hydrogen-bond donors (Lipinski definition) is 2. The Bertz CT molecular complexity index is 870. The van der Waals surface area contributed by atoms with Gasteiger partial charge in [-0.05, 0) is 28.7 Å². The second-order valence-corrected chi connectivity index (χ2v) is 6.82. The molecule has 4 nitrogen and oxygen atoms in total. The average molecular weight is 411 g/mol. The summed E-state index contributed by atoms with van der Waals surface area (Å²) in [6.07, 6.45) is 0.695. The first kappa shape index (κ1) is 22.6. The molecule has 0 saturated carbocycles. The van der Waals surface area contributed by atoms with Crippen LogP contribution in [-0.4, -0.2) is 25.7 Å². The third kappa shape index (κ3) is 6.43. The Morgan fingerprint density at radius 2 is 1.45 bits per heavy atom. The van der Waals surface area contributed by atoms with Gasteiger partial charge in [0.15, 0.2) is 0 Å². The minimum absolute atomic E-state index is 0. The summed E-state index contributed by atoms with van der Waals surface area (Å²) in [5, 5.41) is 3.02. The van der Waals surface area contributed by atoms with Crippen LogP contribution in [0, 0.1) is 0 Å². The zero-order valence-electron chi connectivity index (χ0n) is 16.5. The number of halogens is 1. The van der Waals surface area contributed by atoms with E-state index in [1.165, 1.54) is 0 Å².